The number of pyridine rings is 1. The van der Waals surface area contributed by atoms with Crippen molar-refractivity contribution in [1.29, 1.82) is 0 Å². The SMILES string of the molecule is CSCc1c(N(C(=O)O)C(=O)O)nc(C(C)(C)C)c(Br)c1C(C)(C)C. The van der Waals surface area contributed by atoms with Gasteiger partial charge in [-0.1, -0.05) is 41.5 Å². The van der Waals surface area contributed by atoms with E-state index in [1.807, 2.05) is 47.8 Å². The molecule has 0 saturated heterocycles. The minimum atomic E-state index is -1.57. The van der Waals surface area contributed by atoms with Crippen molar-refractivity contribution >= 4 is 45.7 Å². The summed E-state index contributed by atoms with van der Waals surface area (Å²) >= 11 is 5.13. The topological polar surface area (TPSA) is 90.7 Å². The number of amides is 2. The third-order valence-electron chi connectivity index (χ3n) is 3.56. The van der Waals surface area contributed by atoms with Crippen LogP contribution in [0.5, 0.6) is 0 Å². The molecule has 0 aromatic carbocycles. The van der Waals surface area contributed by atoms with E-state index in [4.69, 9.17) is 0 Å². The van der Waals surface area contributed by atoms with Crippen LogP contribution >= 0.6 is 27.7 Å². The molecule has 25 heavy (non-hydrogen) atoms. The van der Waals surface area contributed by atoms with E-state index in [9.17, 15) is 19.8 Å². The van der Waals surface area contributed by atoms with Gasteiger partial charge in [-0.2, -0.15) is 16.7 Å². The van der Waals surface area contributed by atoms with Gasteiger partial charge >= 0.3 is 12.2 Å². The van der Waals surface area contributed by atoms with Crippen LogP contribution in [0.2, 0.25) is 0 Å². The van der Waals surface area contributed by atoms with Crippen LogP contribution in [-0.2, 0) is 16.6 Å². The number of anilines is 1. The quantitative estimate of drug-likeness (QED) is 0.658. The van der Waals surface area contributed by atoms with Gasteiger partial charge in [0.25, 0.3) is 0 Å². The predicted molar refractivity (Wildman–Crippen MR) is 105 cm³/mol. The molecule has 6 nitrogen and oxygen atoms in total. The molecule has 140 valence electrons. The van der Waals surface area contributed by atoms with Crippen LogP contribution in [0.15, 0.2) is 4.47 Å². The molecule has 1 aromatic rings. The highest BCUT2D eigenvalue weighted by Crippen LogP contribution is 2.43. The first-order valence-corrected chi connectivity index (χ1v) is 9.90. The Hall–Kier alpha value is -1.28. The van der Waals surface area contributed by atoms with Crippen molar-refractivity contribution < 1.29 is 19.8 Å². The van der Waals surface area contributed by atoms with Crippen molar-refractivity contribution in [3.8, 4) is 0 Å². The van der Waals surface area contributed by atoms with Crippen molar-refractivity contribution in [1.82, 2.24) is 4.98 Å². The molecular formula is C17H25BrN2O4S. The Balaban J connectivity index is 4.04. The maximum Gasteiger partial charge on any atom is 0.422 e. The summed E-state index contributed by atoms with van der Waals surface area (Å²) < 4.78 is 0.802. The van der Waals surface area contributed by atoms with Gasteiger partial charge in [-0.25, -0.2) is 14.6 Å². The summed E-state index contributed by atoms with van der Waals surface area (Å²) in [4.78, 5) is 28.0. The molecular weight excluding hydrogens is 408 g/mol. The van der Waals surface area contributed by atoms with Crippen LogP contribution in [0, 0.1) is 0 Å². The number of rotatable bonds is 3. The molecule has 8 heteroatoms. The largest absolute Gasteiger partial charge is 0.464 e. The zero-order valence-corrected chi connectivity index (χ0v) is 18.0. The van der Waals surface area contributed by atoms with E-state index in [-0.39, 0.29) is 11.2 Å². The molecule has 0 bridgehead atoms. The van der Waals surface area contributed by atoms with Crippen LogP contribution < -0.4 is 4.90 Å². The molecule has 0 saturated carbocycles. The molecule has 0 atom stereocenters. The average Bonchev–Trinajstić information content (AvgIpc) is 2.37. The van der Waals surface area contributed by atoms with Crippen molar-refractivity contribution in [2.75, 3.05) is 11.2 Å². The summed E-state index contributed by atoms with van der Waals surface area (Å²) in [5.41, 5.74) is 1.40. The van der Waals surface area contributed by atoms with E-state index < -0.39 is 17.6 Å². The molecule has 0 radical (unpaired) electrons. The Morgan fingerprint density at radius 2 is 1.56 bits per heavy atom. The summed E-state index contributed by atoms with van der Waals surface area (Å²) in [5, 5.41) is 18.9. The van der Waals surface area contributed by atoms with E-state index in [1.54, 1.807) is 0 Å². The maximum atomic E-state index is 11.6. The zero-order valence-electron chi connectivity index (χ0n) is 15.6. The summed E-state index contributed by atoms with van der Waals surface area (Å²) in [6.07, 6.45) is -1.25. The lowest BCUT2D eigenvalue weighted by Crippen LogP contribution is -2.37. The molecule has 2 amide bonds. The lowest BCUT2D eigenvalue weighted by molar-refractivity contribution is 0.184. The molecule has 0 aliphatic rings. The van der Waals surface area contributed by atoms with Crippen LogP contribution in [0.1, 0.15) is 58.4 Å². The molecule has 0 aliphatic heterocycles. The lowest BCUT2D eigenvalue weighted by atomic mass is 9.81. The molecule has 1 aromatic heterocycles. The molecule has 0 spiro atoms. The third-order valence-corrected chi connectivity index (χ3v) is 4.91. The number of aromatic nitrogens is 1. The fourth-order valence-corrected chi connectivity index (χ4v) is 4.67. The van der Waals surface area contributed by atoms with Crippen molar-refractivity contribution in [3.05, 3.63) is 21.3 Å². The normalized spacial score (nSPS) is 12.2. The highest BCUT2D eigenvalue weighted by Gasteiger charge is 2.35. The molecule has 1 heterocycles. The fourth-order valence-electron chi connectivity index (χ4n) is 2.59. The zero-order chi connectivity index (χ0) is 19.7. The highest BCUT2D eigenvalue weighted by molar-refractivity contribution is 9.10. The second-order valence-corrected chi connectivity index (χ2v) is 9.44. The van der Waals surface area contributed by atoms with E-state index in [1.165, 1.54) is 11.8 Å². The van der Waals surface area contributed by atoms with Gasteiger partial charge in [0.05, 0.1) is 5.69 Å². The Kier molecular flexibility index (Phi) is 6.56. The van der Waals surface area contributed by atoms with Crippen LogP contribution in [-0.4, -0.2) is 33.6 Å². The highest BCUT2D eigenvalue weighted by atomic mass is 79.9. The summed E-state index contributed by atoms with van der Waals surface area (Å²) in [6, 6.07) is 0. The minimum absolute atomic E-state index is 0.0348. The molecule has 0 fully saturated rings. The third kappa shape index (κ3) is 4.67. The molecule has 1 rings (SSSR count). The summed E-state index contributed by atoms with van der Waals surface area (Å²) in [5.74, 6) is 0.419. The van der Waals surface area contributed by atoms with Gasteiger partial charge in [-0.3, -0.25) is 0 Å². The predicted octanol–water partition coefficient (Wildman–Crippen LogP) is 5.46. The first kappa shape index (κ1) is 21.8. The summed E-state index contributed by atoms with van der Waals surface area (Å²) in [7, 11) is 0. The van der Waals surface area contributed by atoms with E-state index in [2.05, 4.69) is 20.9 Å². The van der Waals surface area contributed by atoms with Crippen molar-refractivity contribution in [3.63, 3.8) is 0 Å². The Labute approximate surface area is 161 Å². The van der Waals surface area contributed by atoms with E-state index in [0.29, 0.717) is 21.9 Å². The standard InChI is InChI=1S/C17H25BrN2O4S/c1-16(2,3)10-9(8-25-7)13(20(14(21)22)15(23)24)19-12(11(10)18)17(4,5)6/h8H2,1-7H3,(H,21,22)(H,23,24). The maximum absolute atomic E-state index is 11.6. The van der Waals surface area contributed by atoms with Gasteiger partial charge in [0, 0.05) is 21.2 Å². The van der Waals surface area contributed by atoms with Gasteiger partial charge in [0.2, 0.25) is 0 Å². The lowest BCUT2D eigenvalue weighted by Gasteiger charge is -2.32. The molecule has 0 unspecified atom stereocenters. The first-order chi connectivity index (χ1) is 11.2. The number of imide groups is 1. The second kappa shape index (κ2) is 7.53. The van der Waals surface area contributed by atoms with Crippen molar-refractivity contribution in [2.24, 2.45) is 0 Å². The molecule has 0 aliphatic carbocycles. The summed E-state index contributed by atoms with van der Waals surface area (Å²) in [6.45, 7) is 11.9. The average molecular weight is 433 g/mol. The van der Waals surface area contributed by atoms with Gasteiger partial charge in [0.15, 0.2) is 5.82 Å². The van der Waals surface area contributed by atoms with Crippen LogP contribution in [0.4, 0.5) is 15.4 Å². The van der Waals surface area contributed by atoms with Gasteiger partial charge in [-0.05, 0) is 33.2 Å². The smallest absolute Gasteiger partial charge is 0.422 e. The first-order valence-electron chi connectivity index (χ1n) is 7.71. The number of nitrogens with zero attached hydrogens (tertiary/aromatic N) is 2. The van der Waals surface area contributed by atoms with Crippen LogP contribution in [0.3, 0.4) is 0 Å². The van der Waals surface area contributed by atoms with Crippen LogP contribution in [0.25, 0.3) is 0 Å². The Bertz CT molecular complexity index is 679. The minimum Gasteiger partial charge on any atom is -0.464 e. The number of hydrogen-bond acceptors (Lipinski definition) is 4. The monoisotopic (exact) mass is 432 g/mol. The van der Waals surface area contributed by atoms with Gasteiger partial charge in [0.1, 0.15) is 0 Å². The van der Waals surface area contributed by atoms with Gasteiger partial charge < -0.3 is 10.2 Å². The van der Waals surface area contributed by atoms with Crippen molar-refractivity contribution in [2.45, 2.75) is 58.1 Å². The number of carboxylic acid groups (broad SMARTS) is 2. The van der Waals surface area contributed by atoms with E-state index >= 15 is 0 Å². The second-order valence-electron chi connectivity index (χ2n) is 7.79. The Morgan fingerprint density at radius 3 is 1.88 bits per heavy atom. The molecule has 2 N–H and O–H groups in total. The van der Waals surface area contributed by atoms with Gasteiger partial charge in [-0.15, -0.1) is 0 Å². The Morgan fingerprint density at radius 1 is 1.08 bits per heavy atom. The number of halogens is 1. The number of carbonyl (C=O) groups is 2. The number of hydrogen-bond donors (Lipinski definition) is 2. The fraction of sp³-hybridized carbons (Fsp3) is 0.588. The van der Waals surface area contributed by atoms with E-state index in [0.717, 1.165) is 10.0 Å². The number of thioether (sulfide) groups is 1.